The minimum atomic E-state index is -4.15. The Labute approximate surface area is 538 Å². The molecule has 0 bridgehead atoms. The molecular formula is C55H52Br4Cl2F2N8O12S3. The maximum absolute atomic E-state index is 14.2. The van der Waals surface area contributed by atoms with Crippen LogP contribution < -0.4 is 14.7 Å². The number of piperidine rings is 3. The quantitative estimate of drug-likeness (QED) is 0.0973. The molecule has 0 radical (unpaired) electrons. The molecule has 3 fully saturated rings. The number of hydrogen-bond acceptors (Lipinski definition) is 13. The Bertz CT molecular complexity index is 3970. The second-order valence-corrected chi connectivity index (χ2v) is 30.7. The average Bonchev–Trinajstić information content (AvgIpc) is 2.26. The van der Waals surface area contributed by atoms with E-state index < -0.39 is 58.8 Å². The summed E-state index contributed by atoms with van der Waals surface area (Å²) in [6, 6.07) is 22.5. The van der Waals surface area contributed by atoms with E-state index in [0.29, 0.717) is 57.7 Å². The number of halogens is 8. The maximum atomic E-state index is 14.2. The van der Waals surface area contributed by atoms with E-state index in [1.165, 1.54) is 33.3 Å². The van der Waals surface area contributed by atoms with Gasteiger partial charge in [-0.3, -0.25) is 14.7 Å². The largest absolute Gasteiger partial charge is 0.444 e. The van der Waals surface area contributed by atoms with Crippen LogP contribution in [0.15, 0.2) is 130 Å². The molecule has 6 aliphatic rings. The number of cyclic esters (lactones) is 3. The number of anilines is 3. The van der Waals surface area contributed by atoms with Crippen molar-refractivity contribution < 1.29 is 62.6 Å². The monoisotopic (exact) mass is 1540 g/mol. The third-order valence-electron chi connectivity index (χ3n) is 15.3. The van der Waals surface area contributed by atoms with Crippen LogP contribution in [-0.2, 0) is 71.1 Å². The van der Waals surface area contributed by atoms with Crippen molar-refractivity contribution in [1.29, 1.82) is 0 Å². The predicted molar refractivity (Wildman–Crippen MR) is 329 cm³/mol. The molecule has 0 spiro atoms. The number of carbonyl (C=O) groups excluding carboxylic acids is 3. The van der Waals surface area contributed by atoms with E-state index in [1.807, 2.05) is 54.6 Å². The number of amides is 3. The zero-order valence-corrected chi connectivity index (χ0v) is 55.6. The number of carbonyl (C=O) groups is 3. The van der Waals surface area contributed by atoms with Gasteiger partial charge in [0, 0.05) is 107 Å². The molecule has 5 aromatic carbocycles. The highest BCUT2D eigenvalue weighted by Crippen LogP contribution is 2.40. The van der Waals surface area contributed by atoms with Gasteiger partial charge in [-0.15, -0.1) is 0 Å². The van der Waals surface area contributed by atoms with Crippen LogP contribution in [0.5, 0.6) is 0 Å². The highest BCUT2D eigenvalue weighted by Gasteiger charge is 2.42. The van der Waals surface area contributed by atoms with Gasteiger partial charge < -0.3 is 18.8 Å². The lowest BCUT2D eigenvalue weighted by Crippen LogP contribution is -2.50. The van der Waals surface area contributed by atoms with E-state index in [4.69, 9.17) is 37.4 Å². The molecule has 1 aromatic heterocycles. The number of aryl methyl sites for hydroxylation is 1. The Morgan fingerprint density at radius 3 is 1.26 bits per heavy atom. The highest BCUT2D eigenvalue weighted by atomic mass is 79.9. The molecule has 0 aliphatic carbocycles. The van der Waals surface area contributed by atoms with Crippen LogP contribution in [0.25, 0.3) is 0 Å². The van der Waals surface area contributed by atoms with Gasteiger partial charge in [0.15, 0.2) is 5.03 Å². The van der Waals surface area contributed by atoms with Crippen molar-refractivity contribution in [2.75, 3.05) is 54.0 Å². The number of ether oxygens (including phenoxy) is 3. The molecule has 31 heteroatoms. The van der Waals surface area contributed by atoms with Gasteiger partial charge in [0.1, 0.15) is 41.2 Å². The Morgan fingerprint density at radius 2 is 0.884 bits per heavy atom. The lowest BCUT2D eigenvalue weighted by molar-refractivity contribution is 0.135. The highest BCUT2D eigenvalue weighted by molar-refractivity contribution is 9.11. The summed E-state index contributed by atoms with van der Waals surface area (Å²) in [6.45, 7) is 2.01. The Kier molecular flexibility index (Phi) is 19.7. The van der Waals surface area contributed by atoms with Gasteiger partial charge in [-0.2, -0.15) is 12.9 Å². The molecule has 20 nitrogen and oxygen atoms in total. The molecule has 0 N–H and O–H groups in total. The molecule has 6 aliphatic heterocycles. The first kappa shape index (κ1) is 64.2. The summed E-state index contributed by atoms with van der Waals surface area (Å²) in [6.07, 6.45) is 4.45. The van der Waals surface area contributed by atoms with Crippen molar-refractivity contribution in [2.45, 2.75) is 91.3 Å². The smallest absolute Gasteiger partial charge is 0.414 e. The maximum Gasteiger partial charge on any atom is 0.414 e. The zero-order chi connectivity index (χ0) is 61.6. The fraction of sp³-hybridized carbons (Fsp3) is 0.345. The second-order valence-electron chi connectivity index (χ2n) is 20.6. The summed E-state index contributed by atoms with van der Waals surface area (Å²) >= 11 is 25.4. The lowest BCUT2D eigenvalue weighted by Gasteiger charge is -2.39. The van der Waals surface area contributed by atoms with Gasteiger partial charge in [0.25, 0.3) is 10.0 Å². The summed E-state index contributed by atoms with van der Waals surface area (Å²) in [7, 11) is -9.86. The van der Waals surface area contributed by atoms with Gasteiger partial charge in [-0.25, -0.2) is 53.4 Å². The van der Waals surface area contributed by atoms with Crippen LogP contribution in [0.2, 0.25) is 10.0 Å². The van der Waals surface area contributed by atoms with Crippen LogP contribution in [0.1, 0.15) is 55.2 Å². The first-order valence-corrected chi connectivity index (χ1v) is 34.9. The van der Waals surface area contributed by atoms with Crippen LogP contribution in [0, 0.1) is 11.6 Å². The molecule has 12 rings (SSSR count). The number of hydrogen-bond donors (Lipinski definition) is 0. The van der Waals surface area contributed by atoms with E-state index in [0.717, 1.165) is 57.5 Å². The van der Waals surface area contributed by atoms with Crippen LogP contribution in [-0.4, -0.2) is 123 Å². The molecule has 0 unspecified atom stereocenters. The normalized spacial score (nSPS) is 18.6. The summed E-state index contributed by atoms with van der Waals surface area (Å²) < 4.78 is 129. The minimum Gasteiger partial charge on any atom is -0.444 e. The van der Waals surface area contributed by atoms with E-state index in [9.17, 15) is 48.4 Å². The Hall–Kier alpha value is -4.79. The molecule has 3 amide bonds. The number of sulfonamides is 3. The van der Waals surface area contributed by atoms with Crippen LogP contribution >= 0.6 is 86.9 Å². The molecule has 7 heterocycles. The zero-order valence-electron chi connectivity index (χ0n) is 45.3. The Morgan fingerprint density at radius 1 is 0.512 bits per heavy atom. The average molecular weight is 1540 g/mol. The molecule has 3 saturated heterocycles. The number of nitrogens with zero attached hydrogens (tertiary/aromatic N) is 8. The Balaban J connectivity index is 0.000000143. The number of aromatic nitrogens is 2. The summed E-state index contributed by atoms with van der Waals surface area (Å²) in [5.41, 5.74) is 5.09. The summed E-state index contributed by atoms with van der Waals surface area (Å²) in [5.74, 6) is -2.02. The van der Waals surface area contributed by atoms with Crippen molar-refractivity contribution in [2.24, 2.45) is 7.05 Å². The molecular weight excluding hydrogens is 1490 g/mol. The fourth-order valence-corrected chi connectivity index (χ4v) is 18.3. The second kappa shape index (κ2) is 26.3. The molecule has 86 heavy (non-hydrogen) atoms. The number of imidazole rings is 1. The molecule has 458 valence electrons. The topological polar surface area (TPSA) is 219 Å². The number of benzene rings is 5. The van der Waals surface area contributed by atoms with E-state index in [1.54, 1.807) is 32.4 Å². The van der Waals surface area contributed by atoms with Crippen LogP contribution in [0.3, 0.4) is 0 Å². The molecule has 0 atom stereocenters. The van der Waals surface area contributed by atoms with Crippen molar-refractivity contribution in [1.82, 2.24) is 22.5 Å². The SMILES string of the molecule is Cn1cnc(S(=O)(=O)N2CCC(N3C(=O)OCc4cc(Br)ccc43)CC2)c1.O=C1OCc2cc(Br)ccc2N1C1CCN(S(=O)(=O)c2c(Cl)cccc2Cl)CC1.O=C1OCc2cc(Br)ccc2N1C1CCN(S(=O)(=O)c2cc(Br)c(F)cc2F)CC1. The fourth-order valence-electron chi connectivity index (χ4n) is 11.0. The minimum absolute atomic E-state index is 0.0519. The van der Waals surface area contributed by atoms with E-state index >= 15 is 0 Å². The standard InChI is InChI=1S/C19H16Br2F2N2O4S.C19H17BrCl2N2O4S.C17H19BrN4O4S/c20-12-1-2-17-11(7-12)10-29-19(26)25(17)13-3-5-24(6-4-13)30(27,28)18-8-14(21)15(22)9-16(18)23;20-13-4-5-17-12(10-13)11-28-19(25)24(17)14-6-8-23(9-7-14)29(26,27)18-15(21)2-1-3-16(18)22;1-20-9-16(19-11-20)27(24,25)21-6-4-14(5-7-21)22-15-3-2-13(18)8-12(15)10-26-17(22)23/h1-2,7-9,13H,3-6,10H2;1-5,10,14H,6-9,11H2;2-3,8-9,11,14H,4-7,10H2,1H3. The number of fused-ring (bicyclic) bond motifs is 3. The van der Waals surface area contributed by atoms with Gasteiger partial charge in [0.2, 0.25) is 20.0 Å². The van der Waals surface area contributed by atoms with Crippen molar-refractivity contribution >= 4 is 152 Å². The predicted octanol–water partition coefficient (Wildman–Crippen LogP) is 12.4. The van der Waals surface area contributed by atoms with Gasteiger partial charge in [-0.05, 0) is 127 Å². The molecule has 6 aromatic rings. The van der Waals surface area contributed by atoms with Gasteiger partial charge >= 0.3 is 18.3 Å². The summed E-state index contributed by atoms with van der Waals surface area (Å²) in [4.78, 5) is 45.4. The summed E-state index contributed by atoms with van der Waals surface area (Å²) in [5, 5.41) is 0.244. The first-order valence-electron chi connectivity index (χ1n) is 26.6. The molecule has 0 saturated carbocycles. The van der Waals surface area contributed by atoms with Gasteiger partial charge in [-0.1, -0.05) is 77.1 Å². The lowest BCUT2D eigenvalue weighted by atomic mass is 10.0. The van der Waals surface area contributed by atoms with E-state index in [2.05, 4.69) is 68.7 Å². The van der Waals surface area contributed by atoms with Crippen molar-refractivity contribution in [3.05, 3.63) is 154 Å². The van der Waals surface area contributed by atoms with Crippen molar-refractivity contribution in [3.8, 4) is 0 Å². The number of rotatable bonds is 9. The van der Waals surface area contributed by atoms with Gasteiger partial charge in [0.05, 0.1) is 37.9 Å². The van der Waals surface area contributed by atoms with Crippen LogP contribution in [0.4, 0.5) is 40.2 Å². The van der Waals surface area contributed by atoms with E-state index in [-0.39, 0.29) is 94.7 Å². The van der Waals surface area contributed by atoms with Crippen molar-refractivity contribution in [3.63, 3.8) is 0 Å². The third-order valence-corrected chi connectivity index (χ3v) is 23.9. The first-order chi connectivity index (χ1) is 40.8. The third kappa shape index (κ3) is 13.4.